The maximum Gasteiger partial charge on any atom is 0.425 e. The van der Waals surface area contributed by atoms with Crippen molar-refractivity contribution in [2.75, 3.05) is 5.73 Å². The van der Waals surface area contributed by atoms with Crippen LogP contribution in [0.4, 0.5) is 18.9 Å². The van der Waals surface area contributed by atoms with E-state index in [1.807, 2.05) is 0 Å². The molecule has 1 unspecified atom stereocenters. The molecule has 0 bridgehead atoms. The van der Waals surface area contributed by atoms with E-state index < -0.39 is 12.3 Å². The number of hydrogen-bond acceptors (Lipinski definition) is 3. The molecular formula is C12H11F3N2O. The Morgan fingerprint density at radius 1 is 1.22 bits per heavy atom. The minimum Gasteiger partial charge on any atom is -0.481 e. The smallest absolute Gasteiger partial charge is 0.425 e. The zero-order valence-corrected chi connectivity index (χ0v) is 9.53. The van der Waals surface area contributed by atoms with Gasteiger partial charge in [-0.1, -0.05) is 0 Å². The second-order valence-electron chi connectivity index (χ2n) is 3.88. The molecule has 1 aromatic carbocycles. The summed E-state index contributed by atoms with van der Waals surface area (Å²) in [5.41, 5.74) is 6.17. The number of rotatable bonds is 2. The Hall–Kier alpha value is -1.98. The molecule has 2 rings (SSSR count). The summed E-state index contributed by atoms with van der Waals surface area (Å²) in [7, 11) is 0. The zero-order chi connectivity index (χ0) is 13.3. The van der Waals surface area contributed by atoms with E-state index in [4.69, 9.17) is 10.5 Å². The van der Waals surface area contributed by atoms with Gasteiger partial charge in [0.2, 0.25) is 0 Å². The van der Waals surface area contributed by atoms with Crippen molar-refractivity contribution < 1.29 is 17.9 Å². The first kappa shape index (κ1) is 12.5. The quantitative estimate of drug-likeness (QED) is 0.840. The van der Waals surface area contributed by atoms with Gasteiger partial charge in [-0.15, -0.1) is 0 Å². The van der Waals surface area contributed by atoms with Gasteiger partial charge in [-0.3, -0.25) is 4.98 Å². The van der Waals surface area contributed by atoms with Gasteiger partial charge in [-0.05, 0) is 25.1 Å². The van der Waals surface area contributed by atoms with Crippen molar-refractivity contribution in [2.45, 2.75) is 19.2 Å². The molecular weight excluding hydrogens is 245 g/mol. The third kappa shape index (κ3) is 2.32. The summed E-state index contributed by atoms with van der Waals surface area (Å²) in [6.07, 6.45) is -3.30. The highest BCUT2D eigenvalue weighted by Crippen LogP contribution is 2.32. The average molecular weight is 256 g/mol. The number of benzene rings is 1. The standard InChI is InChI=1S/C12H11F3N2O/c1-7(12(13,14)15)18-11-3-2-10(16)9-6-17-5-4-8(9)11/h2-7H,16H2,1H3. The number of pyridine rings is 1. The summed E-state index contributed by atoms with van der Waals surface area (Å²) in [5, 5.41) is 1.09. The van der Waals surface area contributed by atoms with E-state index in [0.29, 0.717) is 16.5 Å². The predicted octanol–water partition coefficient (Wildman–Crippen LogP) is 3.15. The van der Waals surface area contributed by atoms with E-state index in [2.05, 4.69) is 4.98 Å². The van der Waals surface area contributed by atoms with Crippen LogP contribution in [0, 0.1) is 0 Å². The van der Waals surface area contributed by atoms with Crippen molar-refractivity contribution in [1.29, 1.82) is 0 Å². The number of nitrogens with two attached hydrogens (primary N) is 1. The van der Waals surface area contributed by atoms with Gasteiger partial charge in [0.25, 0.3) is 0 Å². The van der Waals surface area contributed by atoms with Gasteiger partial charge >= 0.3 is 6.18 Å². The number of hydrogen-bond donors (Lipinski definition) is 1. The number of fused-ring (bicyclic) bond motifs is 1. The van der Waals surface area contributed by atoms with Crippen LogP contribution in [0.1, 0.15) is 6.92 Å². The van der Waals surface area contributed by atoms with Gasteiger partial charge < -0.3 is 10.5 Å². The molecule has 2 N–H and O–H groups in total. The van der Waals surface area contributed by atoms with Gasteiger partial charge in [0, 0.05) is 28.9 Å². The van der Waals surface area contributed by atoms with Crippen LogP contribution in [0.3, 0.4) is 0 Å². The molecule has 0 aliphatic heterocycles. The number of ether oxygens (including phenoxy) is 1. The molecule has 6 heteroatoms. The van der Waals surface area contributed by atoms with Crippen LogP contribution in [-0.2, 0) is 0 Å². The maximum absolute atomic E-state index is 12.5. The molecule has 0 saturated heterocycles. The maximum atomic E-state index is 12.5. The van der Waals surface area contributed by atoms with Crippen molar-refractivity contribution in [3.63, 3.8) is 0 Å². The lowest BCUT2D eigenvalue weighted by molar-refractivity contribution is -0.188. The van der Waals surface area contributed by atoms with E-state index in [9.17, 15) is 13.2 Å². The van der Waals surface area contributed by atoms with E-state index in [-0.39, 0.29) is 5.75 Å². The largest absolute Gasteiger partial charge is 0.481 e. The van der Waals surface area contributed by atoms with Crippen LogP contribution in [0.25, 0.3) is 10.8 Å². The zero-order valence-electron chi connectivity index (χ0n) is 9.53. The van der Waals surface area contributed by atoms with Crippen LogP contribution >= 0.6 is 0 Å². The van der Waals surface area contributed by atoms with Crippen molar-refractivity contribution in [2.24, 2.45) is 0 Å². The Kier molecular flexibility index (Phi) is 3.02. The SMILES string of the molecule is CC(Oc1ccc(N)c2cnccc12)C(F)(F)F. The van der Waals surface area contributed by atoms with Crippen LogP contribution in [0.2, 0.25) is 0 Å². The van der Waals surface area contributed by atoms with Gasteiger partial charge in [-0.25, -0.2) is 0 Å². The molecule has 1 atom stereocenters. The van der Waals surface area contributed by atoms with Crippen LogP contribution < -0.4 is 10.5 Å². The van der Waals surface area contributed by atoms with Crippen molar-refractivity contribution in [3.05, 3.63) is 30.6 Å². The van der Waals surface area contributed by atoms with Crippen molar-refractivity contribution in [1.82, 2.24) is 4.98 Å². The van der Waals surface area contributed by atoms with Gasteiger partial charge in [0.1, 0.15) is 5.75 Å². The molecule has 0 saturated carbocycles. The minimum atomic E-state index is -4.40. The second kappa shape index (κ2) is 4.36. The van der Waals surface area contributed by atoms with E-state index in [1.165, 1.54) is 24.5 Å². The first-order valence-corrected chi connectivity index (χ1v) is 5.25. The fourth-order valence-electron chi connectivity index (χ4n) is 1.54. The predicted molar refractivity (Wildman–Crippen MR) is 62.3 cm³/mol. The van der Waals surface area contributed by atoms with E-state index in [1.54, 1.807) is 6.07 Å². The average Bonchev–Trinajstić information content (AvgIpc) is 2.32. The highest BCUT2D eigenvalue weighted by atomic mass is 19.4. The normalized spacial score (nSPS) is 13.6. The molecule has 0 radical (unpaired) electrons. The number of anilines is 1. The molecule has 96 valence electrons. The third-order valence-electron chi connectivity index (χ3n) is 2.58. The molecule has 0 fully saturated rings. The van der Waals surface area contributed by atoms with Crippen LogP contribution in [-0.4, -0.2) is 17.3 Å². The lowest BCUT2D eigenvalue weighted by atomic mass is 10.1. The topological polar surface area (TPSA) is 48.1 Å². The highest BCUT2D eigenvalue weighted by molar-refractivity contribution is 5.96. The van der Waals surface area contributed by atoms with Crippen molar-refractivity contribution >= 4 is 16.5 Å². The summed E-state index contributed by atoms with van der Waals surface area (Å²) < 4.78 is 42.3. The monoisotopic (exact) mass is 256 g/mol. The minimum absolute atomic E-state index is 0.145. The molecule has 0 aliphatic carbocycles. The van der Waals surface area contributed by atoms with Crippen molar-refractivity contribution in [3.8, 4) is 5.75 Å². The molecule has 2 aromatic rings. The van der Waals surface area contributed by atoms with E-state index >= 15 is 0 Å². The summed E-state index contributed by atoms with van der Waals surface area (Å²) in [5.74, 6) is 0.145. The molecule has 0 aliphatic rings. The number of aromatic nitrogens is 1. The molecule has 0 spiro atoms. The summed E-state index contributed by atoms with van der Waals surface area (Å²) in [6, 6.07) is 4.51. The fraction of sp³-hybridized carbons (Fsp3) is 0.250. The Labute approximate surface area is 101 Å². The third-order valence-corrected chi connectivity index (χ3v) is 2.58. The molecule has 0 amide bonds. The van der Waals surface area contributed by atoms with Gasteiger partial charge in [-0.2, -0.15) is 13.2 Å². The number of alkyl halides is 3. The highest BCUT2D eigenvalue weighted by Gasteiger charge is 2.38. The summed E-state index contributed by atoms with van der Waals surface area (Å²) >= 11 is 0. The summed E-state index contributed by atoms with van der Waals surface area (Å²) in [6.45, 7) is 0.962. The first-order chi connectivity index (χ1) is 8.39. The first-order valence-electron chi connectivity index (χ1n) is 5.25. The lowest BCUT2D eigenvalue weighted by Crippen LogP contribution is -2.31. The Morgan fingerprint density at radius 2 is 1.94 bits per heavy atom. The molecule has 1 heterocycles. The lowest BCUT2D eigenvalue weighted by Gasteiger charge is -2.19. The second-order valence-corrected chi connectivity index (χ2v) is 3.88. The molecule has 1 aromatic heterocycles. The Morgan fingerprint density at radius 3 is 2.61 bits per heavy atom. The molecule has 18 heavy (non-hydrogen) atoms. The van der Waals surface area contributed by atoms with Crippen LogP contribution in [0.15, 0.2) is 30.6 Å². The Bertz CT molecular complexity index is 569. The van der Waals surface area contributed by atoms with Gasteiger partial charge in [0.05, 0.1) is 0 Å². The number of halogens is 3. The van der Waals surface area contributed by atoms with Crippen LogP contribution in [0.5, 0.6) is 5.75 Å². The van der Waals surface area contributed by atoms with Gasteiger partial charge in [0.15, 0.2) is 6.10 Å². The number of nitrogens with zero attached hydrogens (tertiary/aromatic N) is 1. The number of nitrogen functional groups attached to an aromatic ring is 1. The molecule has 3 nitrogen and oxygen atoms in total. The Balaban J connectivity index is 2.44. The van der Waals surface area contributed by atoms with E-state index in [0.717, 1.165) is 6.92 Å². The summed E-state index contributed by atoms with van der Waals surface area (Å²) in [4.78, 5) is 3.88. The fourth-order valence-corrected chi connectivity index (χ4v) is 1.54.